The summed E-state index contributed by atoms with van der Waals surface area (Å²) in [7, 11) is -3.79. The molecule has 0 aliphatic heterocycles. The van der Waals surface area contributed by atoms with E-state index in [4.69, 9.17) is 16.3 Å². The van der Waals surface area contributed by atoms with Crippen LogP contribution in [0, 0.1) is 6.92 Å². The fourth-order valence-electron chi connectivity index (χ4n) is 2.72. The number of benzene rings is 2. The fraction of sp³-hybridized carbons (Fsp3) is 0.176. The molecule has 0 radical (unpaired) electrons. The van der Waals surface area contributed by atoms with Gasteiger partial charge >= 0.3 is 0 Å². The lowest BCUT2D eigenvalue weighted by Crippen LogP contribution is -2.15. The van der Waals surface area contributed by atoms with E-state index in [0.717, 1.165) is 0 Å². The highest BCUT2D eigenvalue weighted by molar-refractivity contribution is 9.10. The molecule has 0 saturated carbocycles. The Kier molecular flexibility index (Phi) is 4.64. The van der Waals surface area contributed by atoms with E-state index in [2.05, 4.69) is 15.9 Å². The molecular formula is C17H15BrClNO3S. The standard InChI is InChI=1S/C17H15BrClNO3S/c1-3-23-17-11(2)20(15-9-8-12(19)10-13(15)17)24(21,22)16-7-5-4-6-14(16)18/h4-10H,3H2,1-2H3. The number of nitrogens with zero attached hydrogens (tertiary/aromatic N) is 1. The molecule has 4 nitrogen and oxygen atoms in total. The lowest BCUT2D eigenvalue weighted by Gasteiger charge is -2.11. The molecule has 0 aliphatic carbocycles. The van der Waals surface area contributed by atoms with Gasteiger partial charge in [0.1, 0.15) is 10.6 Å². The minimum Gasteiger partial charge on any atom is -0.491 e. The summed E-state index contributed by atoms with van der Waals surface area (Å²) in [4.78, 5) is 0.197. The number of fused-ring (bicyclic) bond motifs is 1. The summed E-state index contributed by atoms with van der Waals surface area (Å²) in [5, 5.41) is 1.20. The summed E-state index contributed by atoms with van der Waals surface area (Å²) in [5.74, 6) is 0.533. The summed E-state index contributed by atoms with van der Waals surface area (Å²) in [5.41, 5.74) is 1.06. The second kappa shape index (κ2) is 6.43. The highest BCUT2D eigenvalue weighted by Gasteiger charge is 2.27. The van der Waals surface area contributed by atoms with Crippen LogP contribution in [0.25, 0.3) is 10.9 Å². The molecule has 0 saturated heterocycles. The highest BCUT2D eigenvalue weighted by Crippen LogP contribution is 2.38. The van der Waals surface area contributed by atoms with E-state index >= 15 is 0 Å². The van der Waals surface area contributed by atoms with Gasteiger partial charge in [-0.25, -0.2) is 12.4 Å². The molecule has 24 heavy (non-hydrogen) atoms. The minimum absolute atomic E-state index is 0.197. The van der Waals surface area contributed by atoms with Crippen molar-refractivity contribution in [3.8, 4) is 5.75 Å². The van der Waals surface area contributed by atoms with Crippen molar-refractivity contribution >= 4 is 48.5 Å². The van der Waals surface area contributed by atoms with Crippen LogP contribution in [0.2, 0.25) is 5.02 Å². The first-order valence-corrected chi connectivity index (χ1v) is 9.92. The molecular weight excluding hydrogens is 414 g/mol. The predicted octanol–water partition coefficient (Wildman–Crippen LogP) is 5.00. The van der Waals surface area contributed by atoms with Gasteiger partial charge in [-0.15, -0.1) is 0 Å². The maximum atomic E-state index is 13.2. The maximum absolute atomic E-state index is 13.2. The summed E-state index contributed by atoms with van der Waals surface area (Å²) in [6.45, 7) is 4.02. The van der Waals surface area contributed by atoms with Crippen LogP contribution in [0.3, 0.4) is 0 Å². The van der Waals surface area contributed by atoms with E-state index in [1.54, 1.807) is 49.4 Å². The molecule has 126 valence electrons. The van der Waals surface area contributed by atoms with Gasteiger partial charge in [0.15, 0.2) is 0 Å². The van der Waals surface area contributed by atoms with E-state index in [1.165, 1.54) is 3.97 Å². The highest BCUT2D eigenvalue weighted by atomic mass is 79.9. The summed E-state index contributed by atoms with van der Waals surface area (Å²) < 4.78 is 34.0. The van der Waals surface area contributed by atoms with Gasteiger partial charge in [0, 0.05) is 14.9 Å². The first-order valence-electron chi connectivity index (χ1n) is 7.31. The molecule has 0 spiro atoms. The van der Waals surface area contributed by atoms with Crippen LogP contribution in [-0.4, -0.2) is 19.0 Å². The van der Waals surface area contributed by atoms with E-state index in [-0.39, 0.29) is 4.90 Å². The van der Waals surface area contributed by atoms with E-state index < -0.39 is 10.0 Å². The van der Waals surface area contributed by atoms with Gasteiger partial charge in [-0.1, -0.05) is 23.7 Å². The Balaban J connectivity index is 2.38. The Morgan fingerprint density at radius 2 is 1.92 bits per heavy atom. The number of hydrogen-bond donors (Lipinski definition) is 0. The number of halogens is 2. The van der Waals surface area contributed by atoms with Crippen molar-refractivity contribution < 1.29 is 13.2 Å². The van der Waals surface area contributed by atoms with Crippen molar-refractivity contribution in [3.63, 3.8) is 0 Å². The van der Waals surface area contributed by atoms with Gasteiger partial charge in [-0.05, 0) is 60.1 Å². The lowest BCUT2D eigenvalue weighted by atomic mass is 10.2. The zero-order valence-corrected chi connectivity index (χ0v) is 16.2. The average molecular weight is 429 g/mol. The summed E-state index contributed by atoms with van der Waals surface area (Å²) >= 11 is 9.41. The lowest BCUT2D eigenvalue weighted by molar-refractivity contribution is 0.341. The molecule has 0 amide bonds. The van der Waals surface area contributed by atoms with Gasteiger partial charge in [0.25, 0.3) is 10.0 Å². The molecule has 2 aromatic carbocycles. The molecule has 0 fully saturated rings. The van der Waals surface area contributed by atoms with Crippen molar-refractivity contribution in [3.05, 3.63) is 57.7 Å². The Bertz CT molecular complexity index is 1030. The molecule has 0 aliphatic rings. The Labute approximate surface area is 154 Å². The maximum Gasteiger partial charge on any atom is 0.269 e. The van der Waals surface area contributed by atoms with Crippen LogP contribution in [0.1, 0.15) is 12.6 Å². The van der Waals surface area contributed by atoms with E-state index in [9.17, 15) is 8.42 Å². The monoisotopic (exact) mass is 427 g/mol. The zero-order valence-electron chi connectivity index (χ0n) is 13.1. The molecule has 3 rings (SSSR count). The Morgan fingerprint density at radius 1 is 1.21 bits per heavy atom. The molecule has 7 heteroatoms. The zero-order chi connectivity index (χ0) is 17.5. The molecule has 3 aromatic rings. The van der Waals surface area contributed by atoms with Gasteiger partial charge in [0.05, 0.1) is 17.8 Å². The first-order chi connectivity index (χ1) is 11.4. The van der Waals surface area contributed by atoms with Crippen molar-refractivity contribution in [2.45, 2.75) is 18.7 Å². The molecule has 0 unspecified atom stereocenters. The van der Waals surface area contributed by atoms with Crippen molar-refractivity contribution in [2.24, 2.45) is 0 Å². The minimum atomic E-state index is -3.79. The SMILES string of the molecule is CCOc1c(C)n(S(=O)(=O)c2ccccc2Br)c2ccc(Cl)cc12. The second-order valence-corrected chi connectivity index (χ2v) is 8.25. The van der Waals surface area contributed by atoms with Crippen LogP contribution in [0.15, 0.2) is 51.8 Å². The Hall–Kier alpha value is -1.50. The largest absolute Gasteiger partial charge is 0.491 e. The van der Waals surface area contributed by atoms with Crippen LogP contribution in [-0.2, 0) is 10.0 Å². The third kappa shape index (κ3) is 2.72. The van der Waals surface area contributed by atoms with Crippen molar-refractivity contribution in [2.75, 3.05) is 6.61 Å². The average Bonchev–Trinajstić information content (AvgIpc) is 2.80. The normalized spacial score (nSPS) is 11.8. The van der Waals surface area contributed by atoms with E-state index in [1.807, 2.05) is 6.92 Å². The molecule has 1 heterocycles. The van der Waals surface area contributed by atoms with Gasteiger partial charge in [-0.3, -0.25) is 0 Å². The van der Waals surface area contributed by atoms with Crippen LogP contribution in [0.5, 0.6) is 5.75 Å². The van der Waals surface area contributed by atoms with Crippen LogP contribution >= 0.6 is 27.5 Å². The number of aromatic nitrogens is 1. The Morgan fingerprint density at radius 3 is 2.58 bits per heavy atom. The molecule has 0 N–H and O–H groups in total. The van der Waals surface area contributed by atoms with Crippen LogP contribution in [0.4, 0.5) is 0 Å². The predicted molar refractivity (Wildman–Crippen MR) is 99.6 cm³/mol. The quantitative estimate of drug-likeness (QED) is 0.587. The van der Waals surface area contributed by atoms with Gasteiger partial charge in [0.2, 0.25) is 0 Å². The number of hydrogen-bond acceptors (Lipinski definition) is 3. The third-order valence-corrected chi connectivity index (χ3v) is 6.75. The number of ether oxygens (including phenoxy) is 1. The molecule has 0 bridgehead atoms. The van der Waals surface area contributed by atoms with Gasteiger partial charge < -0.3 is 4.74 Å². The number of rotatable bonds is 4. The van der Waals surface area contributed by atoms with E-state index in [0.29, 0.717) is 38.4 Å². The fourth-order valence-corrected chi connectivity index (χ4v) is 5.42. The second-order valence-electron chi connectivity index (χ2n) is 5.21. The van der Waals surface area contributed by atoms with Crippen LogP contribution < -0.4 is 4.74 Å². The van der Waals surface area contributed by atoms with Gasteiger partial charge in [-0.2, -0.15) is 0 Å². The van der Waals surface area contributed by atoms with Crippen molar-refractivity contribution in [1.82, 2.24) is 3.97 Å². The molecule has 0 atom stereocenters. The first kappa shape index (κ1) is 17.3. The summed E-state index contributed by atoms with van der Waals surface area (Å²) in [6.07, 6.45) is 0. The summed E-state index contributed by atoms with van der Waals surface area (Å²) in [6, 6.07) is 11.8. The van der Waals surface area contributed by atoms with Crippen molar-refractivity contribution in [1.29, 1.82) is 0 Å². The topological polar surface area (TPSA) is 48.3 Å². The molecule has 1 aromatic heterocycles. The third-order valence-electron chi connectivity index (χ3n) is 3.70. The smallest absolute Gasteiger partial charge is 0.269 e.